The molecule has 2 aromatic carbocycles. The predicted octanol–water partition coefficient (Wildman–Crippen LogP) is 4.12. The number of hydrogen-bond acceptors (Lipinski definition) is 4. The predicted molar refractivity (Wildman–Crippen MR) is 114 cm³/mol. The summed E-state index contributed by atoms with van der Waals surface area (Å²) in [4.78, 5) is 24.4. The summed E-state index contributed by atoms with van der Waals surface area (Å²) in [7, 11) is 1.65. The standard InChI is InChI=1S/C24H24N4O2/c1-30-19-10-7-16(8-11-19)14-26-24(29)28-18-9-12-22(28)20-15-25-23(27-21(20)13-18)17-5-3-2-4-6-17/h2-8,10-11,15,18,22H,9,12-14H2,1H3,(H,26,29)/t18-,22+/m0/s1. The molecule has 2 atom stereocenters. The molecule has 0 aliphatic carbocycles. The van der Waals surface area contributed by atoms with Gasteiger partial charge in [0, 0.05) is 36.3 Å². The van der Waals surface area contributed by atoms with Crippen molar-refractivity contribution >= 4 is 6.03 Å². The van der Waals surface area contributed by atoms with Crippen LogP contribution >= 0.6 is 0 Å². The lowest BCUT2D eigenvalue weighted by Gasteiger charge is -2.35. The topological polar surface area (TPSA) is 67.3 Å². The van der Waals surface area contributed by atoms with Gasteiger partial charge in [0.15, 0.2) is 5.82 Å². The maximum absolute atomic E-state index is 13.0. The van der Waals surface area contributed by atoms with Crippen molar-refractivity contribution in [3.8, 4) is 17.1 Å². The van der Waals surface area contributed by atoms with Gasteiger partial charge in [-0.05, 0) is 30.5 Å². The van der Waals surface area contributed by atoms with Gasteiger partial charge in [-0.3, -0.25) is 0 Å². The van der Waals surface area contributed by atoms with E-state index in [1.165, 1.54) is 0 Å². The Bertz CT molecular complexity index is 1050. The van der Waals surface area contributed by atoms with Crippen molar-refractivity contribution in [1.29, 1.82) is 0 Å². The van der Waals surface area contributed by atoms with Crippen LogP contribution in [0, 0.1) is 0 Å². The van der Waals surface area contributed by atoms with Crippen LogP contribution in [-0.4, -0.2) is 34.1 Å². The first-order valence-corrected chi connectivity index (χ1v) is 10.3. The smallest absolute Gasteiger partial charge is 0.318 e. The van der Waals surface area contributed by atoms with E-state index in [9.17, 15) is 4.79 Å². The van der Waals surface area contributed by atoms with Crippen LogP contribution in [0.3, 0.4) is 0 Å². The Morgan fingerprint density at radius 3 is 2.70 bits per heavy atom. The highest BCUT2D eigenvalue weighted by Crippen LogP contribution is 2.43. The minimum atomic E-state index is -0.0175. The average Bonchev–Trinajstić information content (AvgIpc) is 3.12. The lowest BCUT2D eigenvalue weighted by atomic mass is 9.99. The van der Waals surface area contributed by atoms with Crippen molar-refractivity contribution in [3.63, 3.8) is 0 Å². The monoisotopic (exact) mass is 400 g/mol. The quantitative estimate of drug-likeness (QED) is 0.715. The fraction of sp³-hybridized carbons (Fsp3) is 0.292. The Morgan fingerprint density at radius 2 is 1.93 bits per heavy atom. The highest BCUT2D eigenvalue weighted by atomic mass is 16.5. The minimum absolute atomic E-state index is 0.0175. The van der Waals surface area contributed by atoms with Gasteiger partial charge < -0.3 is 15.0 Å². The highest BCUT2D eigenvalue weighted by Gasteiger charge is 2.43. The lowest BCUT2D eigenvalue weighted by Crippen LogP contribution is -2.47. The number of fused-ring (bicyclic) bond motifs is 4. The third-order valence-electron chi connectivity index (χ3n) is 6.06. The molecule has 6 nitrogen and oxygen atoms in total. The van der Waals surface area contributed by atoms with Crippen LogP contribution in [-0.2, 0) is 13.0 Å². The van der Waals surface area contributed by atoms with Gasteiger partial charge in [0.05, 0.1) is 18.8 Å². The zero-order valence-electron chi connectivity index (χ0n) is 16.9. The van der Waals surface area contributed by atoms with E-state index >= 15 is 0 Å². The molecule has 2 bridgehead atoms. The number of benzene rings is 2. The van der Waals surface area contributed by atoms with Crippen LogP contribution in [0.15, 0.2) is 60.8 Å². The van der Waals surface area contributed by atoms with Gasteiger partial charge >= 0.3 is 6.03 Å². The fourth-order valence-electron chi connectivity index (χ4n) is 4.53. The van der Waals surface area contributed by atoms with E-state index in [0.717, 1.165) is 53.2 Å². The number of urea groups is 1. The molecule has 152 valence electrons. The molecule has 6 heteroatoms. The molecule has 2 aliphatic heterocycles. The number of amides is 2. The van der Waals surface area contributed by atoms with Crippen LogP contribution in [0.5, 0.6) is 5.75 Å². The van der Waals surface area contributed by atoms with Gasteiger partial charge in [-0.1, -0.05) is 42.5 Å². The maximum Gasteiger partial charge on any atom is 0.318 e. The van der Waals surface area contributed by atoms with Gasteiger partial charge in [-0.2, -0.15) is 0 Å². The normalized spacial score (nSPS) is 19.3. The van der Waals surface area contributed by atoms with Crippen molar-refractivity contribution < 1.29 is 9.53 Å². The van der Waals surface area contributed by atoms with E-state index in [0.29, 0.717) is 6.54 Å². The van der Waals surface area contributed by atoms with Gasteiger partial charge in [-0.25, -0.2) is 14.8 Å². The van der Waals surface area contributed by atoms with Crippen molar-refractivity contribution in [3.05, 3.63) is 77.6 Å². The maximum atomic E-state index is 13.0. The molecule has 2 amide bonds. The Morgan fingerprint density at radius 1 is 1.13 bits per heavy atom. The Hall–Kier alpha value is -3.41. The van der Waals surface area contributed by atoms with Crippen LogP contribution in [0.25, 0.3) is 11.4 Å². The molecule has 30 heavy (non-hydrogen) atoms. The molecule has 1 fully saturated rings. The Labute approximate surface area is 175 Å². The Balaban J connectivity index is 1.32. The Kier molecular flexibility index (Phi) is 4.83. The fourth-order valence-corrected chi connectivity index (χ4v) is 4.53. The number of nitrogens with zero attached hydrogens (tertiary/aromatic N) is 3. The summed E-state index contributed by atoms with van der Waals surface area (Å²) in [6.07, 6.45) is 4.66. The molecule has 0 unspecified atom stereocenters. The van der Waals surface area contributed by atoms with E-state index in [2.05, 4.69) is 10.3 Å². The van der Waals surface area contributed by atoms with E-state index in [1.54, 1.807) is 7.11 Å². The van der Waals surface area contributed by atoms with Crippen LogP contribution in [0.1, 0.15) is 35.7 Å². The zero-order chi connectivity index (χ0) is 20.5. The molecule has 0 radical (unpaired) electrons. The first-order valence-electron chi connectivity index (χ1n) is 10.3. The average molecular weight is 400 g/mol. The van der Waals surface area contributed by atoms with Crippen molar-refractivity contribution in [2.45, 2.75) is 37.9 Å². The zero-order valence-corrected chi connectivity index (χ0v) is 16.9. The molecule has 1 N–H and O–H groups in total. The second-order valence-electron chi connectivity index (χ2n) is 7.83. The first-order chi connectivity index (χ1) is 14.7. The van der Waals surface area contributed by atoms with Gasteiger partial charge in [0.25, 0.3) is 0 Å². The van der Waals surface area contributed by atoms with Gasteiger partial charge in [0.2, 0.25) is 0 Å². The first kappa shape index (κ1) is 18.6. The highest BCUT2D eigenvalue weighted by molar-refractivity contribution is 5.76. The summed E-state index contributed by atoms with van der Waals surface area (Å²) < 4.78 is 5.19. The van der Waals surface area contributed by atoms with E-state index in [-0.39, 0.29) is 18.1 Å². The summed E-state index contributed by atoms with van der Waals surface area (Å²) in [5.74, 6) is 1.57. The summed E-state index contributed by atoms with van der Waals surface area (Å²) in [6, 6.07) is 18.0. The molecule has 1 saturated heterocycles. The second kappa shape index (κ2) is 7.78. The SMILES string of the molecule is COc1ccc(CNC(=O)N2[C@H]3CC[C@@H]2c2cnc(-c4ccccc4)nc2C3)cc1. The number of carbonyl (C=O) groups is 1. The molecule has 2 aliphatic rings. The van der Waals surface area contributed by atoms with Crippen molar-refractivity contribution in [1.82, 2.24) is 20.2 Å². The van der Waals surface area contributed by atoms with E-state index < -0.39 is 0 Å². The van der Waals surface area contributed by atoms with E-state index in [1.807, 2.05) is 65.7 Å². The summed E-state index contributed by atoms with van der Waals surface area (Å²) >= 11 is 0. The van der Waals surface area contributed by atoms with Crippen LogP contribution in [0.4, 0.5) is 4.79 Å². The second-order valence-corrected chi connectivity index (χ2v) is 7.83. The van der Waals surface area contributed by atoms with Crippen molar-refractivity contribution in [2.75, 3.05) is 7.11 Å². The van der Waals surface area contributed by atoms with Gasteiger partial charge in [-0.15, -0.1) is 0 Å². The molecule has 0 spiro atoms. The molecule has 1 aromatic heterocycles. The summed E-state index contributed by atoms with van der Waals surface area (Å²) in [5, 5.41) is 3.08. The molecular weight excluding hydrogens is 376 g/mol. The third-order valence-corrected chi connectivity index (χ3v) is 6.06. The number of ether oxygens (including phenoxy) is 1. The van der Waals surface area contributed by atoms with Gasteiger partial charge in [0.1, 0.15) is 5.75 Å². The third kappa shape index (κ3) is 3.38. The number of carbonyl (C=O) groups excluding carboxylic acids is 1. The molecule has 3 heterocycles. The number of rotatable bonds is 4. The van der Waals surface area contributed by atoms with Crippen molar-refractivity contribution in [2.24, 2.45) is 0 Å². The largest absolute Gasteiger partial charge is 0.497 e. The summed E-state index contributed by atoms with van der Waals surface area (Å²) in [5.41, 5.74) is 4.23. The number of nitrogens with one attached hydrogen (secondary N) is 1. The van der Waals surface area contributed by atoms with E-state index in [4.69, 9.17) is 9.72 Å². The molecular formula is C24H24N4O2. The molecule has 0 saturated carbocycles. The number of methoxy groups -OCH3 is 1. The molecule has 3 aromatic rings. The van der Waals surface area contributed by atoms with Crippen LogP contribution < -0.4 is 10.1 Å². The molecule has 5 rings (SSSR count). The van der Waals surface area contributed by atoms with Crippen LogP contribution in [0.2, 0.25) is 0 Å². The number of hydrogen-bond donors (Lipinski definition) is 1. The minimum Gasteiger partial charge on any atom is -0.497 e. The lowest BCUT2D eigenvalue weighted by molar-refractivity contribution is 0.164. The summed E-state index contributed by atoms with van der Waals surface area (Å²) in [6.45, 7) is 0.495. The number of aromatic nitrogens is 2.